The van der Waals surface area contributed by atoms with Gasteiger partial charge in [-0.25, -0.2) is 0 Å². The van der Waals surface area contributed by atoms with Crippen LogP contribution in [0, 0.1) is 0 Å². The number of hydrogen-bond donors (Lipinski definition) is 3. The first-order valence-corrected chi connectivity index (χ1v) is 5.89. The monoisotopic (exact) mass is 280 g/mol. The predicted octanol–water partition coefficient (Wildman–Crippen LogP) is 1.58. The van der Waals surface area contributed by atoms with Crippen LogP contribution in [0.4, 0.5) is 5.82 Å². The third kappa shape index (κ3) is 2.79. The molecule has 6 nitrogen and oxygen atoms in total. The molecule has 0 aliphatic rings. The van der Waals surface area contributed by atoms with Crippen molar-refractivity contribution in [3.05, 3.63) is 40.5 Å². The van der Waals surface area contributed by atoms with Crippen molar-refractivity contribution >= 4 is 23.3 Å². The Morgan fingerprint density at radius 2 is 2.37 bits per heavy atom. The first kappa shape index (κ1) is 13.2. The Balaban J connectivity index is 2.11. The van der Waals surface area contributed by atoms with Gasteiger partial charge in [-0.3, -0.25) is 9.89 Å². The van der Waals surface area contributed by atoms with Crippen LogP contribution < -0.4 is 15.8 Å². The molecule has 0 unspecified atom stereocenters. The van der Waals surface area contributed by atoms with Gasteiger partial charge in [0.2, 0.25) is 0 Å². The third-order valence-electron chi connectivity index (χ3n) is 2.63. The fourth-order valence-corrected chi connectivity index (χ4v) is 1.88. The molecule has 0 saturated carbocycles. The Kier molecular flexibility index (Phi) is 3.91. The zero-order chi connectivity index (χ0) is 13.8. The minimum atomic E-state index is -0.326. The maximum Gasteiger partial charge on any atom is 0.256 e. The Morgan fingerprint density at radius 3 is 3.00 bits per heavy atom. The number of aromatic nitrogens is 2. The molecule has 1 amide bonds. The summed E-state index contributed by atoms with van der Waals surface area (Å²) >= 11 is 6.07. The van der Waals surface area contributed by atoms with Crippen molar-refractivity contribution in [1.29, 1.82) is 0 Å². The minimum Gasteiger partial charge on any atom is -0.496 e. The van der Waals surface area contributed by atoms with Crippen LogP contribution in [0.1, 0.15) is 15.9 Å². The van der Waals surface area contributed by atoms with Gasteiger partial charge >= 0.3 is 0 Å². The number of carbonyl (C=O) groups excluding carboxylic acids is 1. The summed E-state index contributed by atoms with van der Waals surface area (Å²) in [7, 11) is 1.55. The van der Waals surface area contributed by atoms with Gasteiger partial charge in [-0.05, 0) is 12.1 Å². The summed E-state index contributed by atoms with van der Waals surface area (Å²) in [6, 6.07) is 5.29. The van der Waals surface area contributed by atoms with E-state index < -0.39 is 0 Å². The van der Waals surface area contributed by atoms with E-state index in [1.807, 2.05) is 0 Å². The van der Waals surface area contributed by atoms with Crippen LogP contribution in [0.5, 0.6) is 5.75 Å². The number of anilines is 1. The Morgan fingerprint density at radius 1 is 1.58 bits per heavy atom. The molecule has 4 N–H and O–H groups in total. The van der Waals surface area contributed by atoms with Crippen molar-refractivity contribution in [2.75, 3.05) is 12.8 Å². The molecule has 0 radical (unpaired) electrons. The highest BCUT2D eigenvalue weighted by molar-refractivity contribution is 6.31. The minimum absolute atomic E-state index is 0.226. The molecule has 0 spiro atoms. The average molecular weight is 281 g/mol. The summed E-state index contributed by atoms with van der Waals surface area (Å²) < 4.78 is 5.19. The molecule has 1 heterocycles. The quantitative estimate of drug-likeness (QED) is 0.793. The summed E-state index contributed by atoms with van der Waals surface area (Å²) in [5, 5.41) is 9.43. The topological polar surface area (TPSA) is 93.0 Å². The van der Waals surface area contributed by atoms with Crippen LogP contribution in [0.25, 0.3) is 0 Å². The highest BCUT2D eigenvalue weighted by Gasteiger charge is 2.13. The maximum absolute atomic E-state index is 11.9. The normalized spacial score (nSPS) is 10.2. The Bertz CT molecular complexity index is 597. The van der Waals surface area contributed by atoms with Gasteiger partial charge in [0.1, 0.15) is 17.1 Å². The highest BCUT2D eigenvalue weighted by Crippen LogP contribution is 2.26. The fourth-order valence-electron chi connectivity index (χ4n) is 1.64. The van der Waals surface area contributed by atoms with Gasteiger partial charge in [-0.2, -0.15) is 5.10 Å². The number of nitrogens with zero attached hydrogens (tertiary/aromatic N) is 1. The standard InChI is InChI=1S/C12H13ClN4O2/c1-19-10-4-2-3-9(13)7(10)5-15-12(18)8-6-16-17-11(8)14/h2-4,6H,5H2,1H3,(H,15,18)(H3,14,16,17). The number of rotatable bonds is 4. The van der Waals surface area contributed by atoms with Gasteiger partial charge in [-0.15, -0.1) is 0 Å². The van der Waals surface area contributed by atoms with E-state index in [0.29, 0.717) is 21.9 Å². The number of halogens is 1. The molecule has 1 aromatic carbocycles. The van der Waals surface area contributed by atoms with Gasteiger partial charge < -0.3 is 15.8 Å². The summed E-state index contributed by atoms with van der Waals surface area (Å²) in [6.45, 7) is 0.242. The van der Waals surface area contributed by atoms with E-state index in [9.17, 15) is 4.79 Å². The van der Waals surface area contributed by atoms with E-state index in [2.05, 4.69) is 15.5 Å². The lowest BCUT2D eigenvalue weighted by Gasteiger charge is -2.11. The predicted molar refractivity (Wildman–Crippen MR) is 72.2 cm³/mol. The number of hydrogen-bond acceptors (Lipinski definition) is 4. The molecule has 0 bridgehead atoms. The third-order valence-corrected chi connectivity index (χ3v) is 2.99. The van der Waals surface area contributed by atoms with Crippen molar-refractivity contribution in [3.8, 4) is 5.75 Å². The van der Waals surface area contributed by atoms with Crippen LogP contribution in [-0.2, 0) is 6.54 Å². The number of nitrogens with one attached hydrogen (secondary N) is 2. The lowest BCUT2D eigenvalue weighted by atomic mass is 10.2. The molecular formula is C12H13ClN4O2. The molecule has 7 heteroatoms. The van der Waals surface area contributed by atoms with Crippen molar-refractivity contribution < 1.29 is 9.53 Å². The summed E-state index contributed by atoms with van der Waals surface area (Å²) in [5.74, 6) is 0.518. The summed E-state index contributed by atoms with van der Waals surface area (Å²) in [6.07, 6.45) is 1.37. The molecule has 0 aliphatic carbocycles. The van der Waals surface area contributed by atoms with Crippen molar-refractivity contribution in [1.82, 2.24) is 15.5 Å². The molecular weight excluding hydrogens is 268 g/mol. The van der Waals surface area contributed by atoms with Gasteiger partial charge in [0.15, 0.2) is 0 Å². The number of benzene rings is 1. The number of amides is 1. The molecule has 0 atom stereocenters. The number of carbonyl (C=O) groups is 1. The van der Waals surface area contributed by atoms with Gasteiger partial charge in [-0.1, -0.05) is 17.7 Å². The molecule has 19 heavy (non-hydrogen) atoms. The van der Waals surface area contributed by atoms with Gasteiger partial charge in [0.25, 0.3) is 5.91 Å². The Labute approximate surface area is 114 Å². The second-order valence-electron chi connectivity index (χ2n) is 3.80. The number of nitrogen functional groups attached to an aromatic ring is 1. The number of nitrogens with two attached hydrogens (primary N) is 1. The lowest BCUT2D eigenvalue weighted by Crippen LogP contribution is -2.23. The number of ether oxygens (including phenoxy) is 1. The maximum atomic E-state index is 11.9. The first-order valence-electron chi connectivity index (χ1n) is 5.52. The van der Waals surface area contributed by atoms with E-state index in [0.717, 1.165) is 0 Å². The van der Waals surface area contributed by atoms with Crippen LogP contribution in [0.2, 0.25) is 5.02 Å². The van der Waals surface area contributed by atoms with Crippen LogP contribution in [-0.4, -0.2) is 23.2 Å². The molecule has 0 aliphatic heterocycles. The summed E-state index contributed by atoms with van der Waals surface area (Å²) in [5.41, 5.74) is 6.57. The van der Waals surface area contributed by atoms with E-state index in [-0.39, 0.29) is 18.3 Å². The number of aromatic amines is 1. The van der Waals surface area contributed by atoms with E-state index in [4.69, 9.17) is 22.1 Å². The van der Waals surface area contributed by atoms with Crippen molar-refractivity contribution in [2.24, 2.45) is 0 Å². The fraction of sp³-hybridized carbons (Fsp3) is 0.167. The molecule has 100 valence electrons. The Hall–Kier alpha value is -2.21. The molecule has 0 fully saturated rings. The highest BCUT2D eigenvalue weighted by atomic mass is 35.5. The average Bonchev–Trinajstić information content (AvgIpc) is 2.83. The molecule has 2 aromatic rings. The molecule has 0 saturated heterocycles. The van der Waals surface area contributed by atoms with Crippen molar-refractivity contribution in [3.63, 3.8) is 0 Å². The number of methoxy groups -OCH3 is 1. The second-order valence-corrected chi connectivity index (χ2v) is 4.21. The SMILES string of the molecule is COc1cccc(Cl)c1CNC(=O)c1cn[nH]c1N. The molecule has 1 aromatic heterocycles. The zero-order valence-corrected chi connectivity index (χ0v) is 11.0. The van der Waals surface area contributed by atoms with Crippen LogP contribution >= 0.6 is 11.6 Å². The number of H-pyrrole nitrogens is 1. The first-order chi connectivity index (χ1) is 9.13. The van der Waals surface area contributed by atoms with Crippen LogP contribution in [0.3, 0.4) is 0 Å². The zero-order valence-electron chi connectivity index (χ0n) is 10.2. The second kappa shape index (κ2) is 5.62. The van der Waals surface area contributed by atoms with Gasteiger partial charge in [0.05, 0.1) is 13.3 Å². The summed E-state index contributed by atoms with van der Waals surface area (Å²) in [4.78, 5) is 11.9. The van der Waals surface area contributed by atoms with E-state index in [1.165, 1.54) is 6.20 Å². The largest absolute Gasteiger partial charge is 0.496 e. The van der Waals surface area contributed by atoms with Gasteiger partial charge in [0, 0.05) is 17.1 Å². The van der Waals surface area contributed by atoms with Crippen LogP contribution in [0.15, 0.2) is 24.4 Å². The van der Waals surface area contributed by atoms with E-state index in [1.54, 1.807) is 25.3 Å². The van der Waals surface area contributed by atoms with E-state index >= 15 is 0 Å². The van der Waals surface area contributed by atoms with Crippen molar-refractivity contribution in [2.45, 2.75) is 6.54 Å². The lowest BCUT2D eigenvalue weighted by molar-refractivity contribution is 0.0951. The smallest absolute Gasteiger partial charge is 0.256 e. The molecule has 2 rings (SSSR count).